The molecule has 0 aliphatic carbocycles. The van der Waals surface area contributed by atoms with Crippen LogP contribution >= 0.6 is 0 Å². The topological polar surface area (TPSA) is 117 Å². The predicted octanol–water partition coefficient (Wildman–Crippen LogP) is 0.369. The Morgan fingerprint density at radius 1 is 1.33 bits per heavy atom. The Labute approximate surface area is 122 Å². The van der Waals surface area contributed by atoms with E-state index in [0.717, 1.165) is 16.6 Å². The van der Waals surface area contributed by atoms with E-state index in [0.29, 0.717) is 0 Å². The average Bonchev–Trinajstić information content (AvgIpc) is 2.84. The second kappa shape index (κ2) is 6.27. The molecular formula is C12H18N2O6S. The molecule has 1 aromatic heterocycles. The van der Waals surface area contributed by atoms with Crippen molar-refractivity contribution in [2.75, 3.05) is 14.1 Å². The van der Waals surface area contributed by atoms with E-state index in [1.807, 2.05) is 0 Å². The average molecular weight is 318 g/mol. The molecule has 0 fully saturated rings. The van der Waals surface area contributed by atoms with Gasteiger partial charge in [-0.3, -0.25) is 4.79 Å². The first-order valence-corrected chi connectivity index (χ1v) is 7.56. The minimum atomic E-state index is -3.78. The fourth-order valence-corrected chi connectivity index (χ4v) is 2.29. The molecule has 0 saturated heterocycles. The summed E-state index contributed by atoms with van der Waals surface area (Å²) in [5.41, 5.74) is -0.0534. The molecule has 1 amide bonds. The molecule has 9 heteroatoms. The molecule has 0 radical (unpaired) electrons. The lowest BCUT2D eigenvalue weighted by atomic mass is 10.0. The summed E-state index contributed by atoms with van der Waals surface area (Å²) in [6, 6.07) is -0.00881. The third-order valence-electron chi connectivity index (χ3n) is 2.79. The number of amides is 1. The van der Waals surface area contributed by atoms with Crippen LogP contribution in [0.3, 0.4) is 0 Å². The number of aliphatic carboxylic acids is 1. The van der Waals surface area contributed by atoms with E-state index < -0.39 is 27.9 Å². The van der Waals surface area contributed by atoms with E-state index in [1.54, 1.807) is 13.8 Å². The molecule has 0 saturated carbocycles. The fourth-order valence-electron chi connectivity index (χ4n) is 1.49. The molecule has 1 atom stereocenters. The van der Waals surface area contributed by atoms with Crippen LogP contribution in [0.5, 0.6) is 0 Å². The molecule has 1 heterocycles. The lowest BCUT2D eigenvalue weighted by Crippen LogP contribution is -2.44. The van der Waals surface area contributed by atoms with Gasteiger partial charge in [-0.05, 0) is 5.92 Å². The number of carbonyl (C=O) groups is 2. The van der Waals surface area contributed by atoms with Crippen molar-refractivity contribution in [1.82, 2.24) is 9.62 Å². The quantitative estimate of drug-likeness (QED) is 0.782. The standard InChI is InChI=1S/C12H18N2O6S/c1-7(2)10(12(16)17)13-11(15)8-5-9(20-6-8)21(18,19)14(3)4/h5-7,10H,1-4H3,(H,13,15)(H,16,17)/t10-/m1/s1. The summed E-state index contributed by atoms with van der Waals surface area (Å²) in [6.07, 6.45) is 0.977. The number of rotatable bonds is 6. The van der Waals surface area contributed by atoms with Gasteiger partial charge in [-0.1, -0.05) is 13.8 Å². The van der Waals surface area contributed by atoms with Crippen molar-refractivity contribution in [2.45, 2.75) is 25.0 Å². The van der Waals surface area contributed by atoms with Gasteiger partial charge in [0.05, 0.1) is 5.56 Å². The second-order valence-corrected chi connectivity index (χ2v) is 7.06. The summed E-state index contributed by atoms with van der Waals surface area (Å²) in [7, 11) is -1.12. The van der Waals surface area contributed by atoms with E-state index in [9.17, 15) is 18.0 Å². The van der Waals surface area contributed by atoms with Crippen molar-refractivity contribution in [1.29, 1.82) is 0 Å². The van der Waals surface area contributed by atoms with Gasteiger partial charge in [0.25, 0.3) is 15.9 Å². The van der Waals surface area contributed by atoms with E-state index in [2.05, 4.69) is 5.32 Å². The number of nitrogens with zero attached hydrogens (tertiary/aromatic N) is 1. The zero-order valence-electron chi connectivity index (χ0n) is 12.2. The highest BCUT2D eigenvalue weighted by molar-refractivity contribution is 7.88. The molecule has 0 spiro atoms. The molecular weight excluding hydrogens is 300 g/mol. The zero-order chi connectivity index (χ0) is 16.4. The number of hydrogen-bond acceptors (Lipinski definition) is 5. The van der Waals surface area contributed by atoms with E-state index in [1.165, 1.54) is 14.1 Å². The molecule has 1 aromatic rings. The third kappa shape index (κ3) is 3.82. The second-order valence-electron chi connectivity index (χ2n) is 4.98. The Hall–Kier alpha value is -1.87. The number of furan rings is 1. The van der Waals surface area contributed by atoms with Crippen LogP contribution in [0.4, 0.5) is 0 Å². The van der Waals surface area contributed by atoms with Crippen LogP contribution < -0.4 is 5.32 Å². The molecule has 0 aliphatic heterocycles. The first-order chi connectivity index (χ1) is 9.57. The van der Waals surface area contributed by atoms with Crippen LogP contribution in [0.1, 0.15) is 24.2 Å². The van der Waals surface area contributed by atoms with Crippen LogP contribution in [-0.4, -0.2) is 49.8 Å². The van der Waals surface area contributed by atoms with Crippen molar-refractivity contribution in [3.8, 4) is 0 Å². The van der Waals surface area contributed by atoms with Gasteiger partial charge in [0.15, 0.2) is 0 Å². The van der Waals surface area contributed by atoms with E-state index in [4.69, 9.17) is 9.52 Å². The first kappa shape index (κ1) is 17.2. The van der Waals surface area contributed by atoms with Crippen molar-refractivity contribution in [2.24, 2.45) is 5.92 Å². The molecule has 21 heavy (non-hydrogen) atoms. The molecule has 0 bridgehead atoms. The number of carboxylic acid groups (broad SMARTS) is 1. The van der Waals surface area contributed by atoms with Crippen molar-refractivity contribution in [3.63, 3.8) is 0 Å². The zero-order valence-corrected chi connectivity index (χ0v) is 13.0. The Balaban J connectivity index is 2.96. The smallest absolute Gasteiger partial charge is 0.326 e. The summed E-state index contributed by atoms with van der Waals surface area (Å²) in [4.78, 5) is 23.0. The van der Waals surface area contributed by atoms with Gasteiger partial charge in [-0.25, -0.2) is 17.5 Å². The lowest BCUT2D eigenvalue weighted by Gasteiger charge is -2.17. The van der Waals surface area contributed by atoms with Crippen molar-refractivity contribution in [3.05, 3.63) is 17.9 Å². The van der Waals surface area contributed by atoms with Crippen LogP contribution in [-0.2, 0) is 14.8 Å². The van der Waals surface area contributed by atoms with Crippen LogP contribution in [0.25, 0.3) is 0 Å². The molecule has 8 nitrogen and oxygen atoms in total. The monoisotopic (exact) mass is 318 g/mol. The molecule has 0 aliphatic rings. The van der Waals surface area contributed by atoms with Gasteiger partial charge in [-0.2, -0.15) is 0 Å². The summed E-state index contributed by atoms with van der Waals surface area (Å²) < 4.78 is 29.4. The van der Waals surface area contributed by atoms with E-state index in [-0.39, 0.29) is 16.6 Å². The minimum absolute atomic E-state index is 0.0534. The number of carboxylic acids is 1. The highest BCUT2D eigenvalue weighted by Crippen LogP contribution is 2.17. The van der Waals surface area contributed by atoms with Gasteiger partial charge < -0.3 is 14.8 Å². The molecule has 0 aromatic carbocycles. The normalized spacial score (nSPS) is 13.4. The maximum Gasteiger partial charge on any atom is 0.326 e. The summed E-state index contributed by atoms with van der Waals surface area (Å²) in [5, 5.41) is 10.9. The summed E-state index contributed by atoms with van der Waals surface area (Å²) in [6.45, 7) is 3.30. The van der Waals surface area contributed by atoms with Crippen molar-refractivity contribution < 1.29 is 27.5 Å². The highest BCUT2D eigenvalue weighted by atomic mass is 32.2. The molecule has 118 valence electrons. The van der Waals surface area contributed by atoms with Gasteiger partial charge >= 0.3 is 5.97 Å². The number of hydrogen-bond donors (Lipinski definition) is 2. The SMILES string of the molecule is CC(C)[C@@H](NC(=O)c1coc(S(=O)(=O)N(C)C)c1)C(=O)O. The largest absolute Gasteiger partial charge is 0.480 e. The van der Waals surface area contributed by atoms with Crippen LogP contribution in [0.15, 0.2) is 21.8 Å². The minimum Gasteiger partial charge on any atom is -0.480 e. The van der Waals surface area contributed by atoms with Crippen molar-refractivity contribution >= 4 is 21.9 Å². The van der Waals surface area contributed by atoms with E-state index >= 15 is 0 Å². The Kier molecular flexibility index (Phi) is 5.13. The van der Waals surface area contributed by atoms with Crippen LogP contribution in [0, 0.1) is 5.92 Å². The fraction of sp³-hybridized carbons (Fsp3) is 0.500. The molecule has 1 rings (SSSR count). The summed E-state index contributed by atoms with van der Waals surface area (Å²) in [5.74, 6) is -2.19. The Bertz CT molecular complexity index is 632. The Morgan fingerprint density at radius 2 is 1.90 bits per heavy atom. The van der Waals surface area contributed by atoms with Gasteiger partial charge in [-0.15, -0.1) is 0 Å². The van der Waals surface area contributed by atoms with Gasteiger partial charge in [0, 0.05) is 20.2 Å². The summed E-state index contributed by atoms with van der Waals surface area (Å²) >= 11 is 0. The van der Waals surface area contributed by atoms with Crippen LogP contribution in [0.2, 0.25) is 0 Å². The number of nitrogens with one attached hydrogen (secondary N) is 1. The van der Waals surface area contributed by atoms with Gasteiger partial charge in [0.2, 0.25) is 5.09 Å². The number of sulfonamides is 1. The number of carbonyl (C=O) groups excluding carboxylic acids is 1. The molecule has 0 unspecified atom stereocenters. The maximum absolute atomic E-state index is 11.9. The molecule has 2 N–H and O–H groups in total. The Morgan fingerprint density at radius 3 is 2.33 bits per heavy atom. The maximum atomic E-state index is 11.9. The first-order valence-electron chi connectivity index (χ1n) is 6.12. The lowest BCUT2D eigenvalue weighted by molar-refractivity contribution is -0.140. The van der Waals surface area contributed by atoms with Gasteiger partial charge in [0.1, 0.15) is 12.3 Å². The predicted molar refractivity (Wildman–Crippen MR) is 73.3 cm³/mol. The third-order valence-corrected chi connectivity index (χ3v) is 4.48. The highest BCUT2D eigenvalue weighted by Gasteiger charge is 2.27.